The van der Waals surface area contributed by atoms with Gasteiger partial charge in [0.25, 0.3) is 16.0 Å². The van der Waals surface area contributed by atoms with Crippen LogP contribution in [0.15, 0.2) is 29.4 Å². The van der Waals surface area contributed by atoms with Gasteiger partial charge < -0.3 is 0 Å². The van der Waals surface area contributed by atoms with Gasteiger partial charge in [0.15, 0.2) is 0 Å². The van der Waals surface area contributed by atoms with Crippen LogP contribution in [-0.4, -0.2) is 33.4 Å². The van der Waals surface area contributed by atoms with Crippen molar-refractivity contribution in [2.24, 2.45) is 0 Å². The van der Waals surface area contributed by atoms with E-state index in [1.807, 2.05) is 0 Å². The summed E-state index contributed by atoms with van der Waals surface area (Å²) in [5, 5.41) is 10.7. The molecule has 25 heavy (non-hydrogen) atoms. The molecule has 2 N–H and O–H groups in total. The molecule has 0 amide bonds. The van der Waals surface area contributed by atoms with Crippen LogP contribution in [0.2, 0.25) is 5.02 Å². The van der Waals surface area contributed by atoms with Crippen molar-refractivity contribution in [1.82, 2.24) is 25.0 Å². The van der Waals surface area contributed by atoms with Crippen LogP contribution in [0.1, 0.15) is 17.0 Å². The average molecular weight is 385 g/mol. The number of nitrogens with zero attached hydrogens (tertiary/aromatic N) is 4. The molecule has 2 heterocycles. The third kappa shape index (κ3) is 3.49. The summed E-state index contributed by atoms with van der Waals surface area (Å²) in [5.41, 5.74) is 0.982. The van der Waals surface area contributed by atoms with Crippen LogP contribution in [0.3, 0.4) is 0 Å². The third-order valence-corrected chi connectivity index (χ3v) is 5.42. The van der Waals surface area contributed by atoms with Gasteiger partial charge in [-0.2, -0.15) is 10.1 Å². The first-order chi connectivity index (χ1) is 11.8. The van der Waals surface area contributed by atoms with Crippen LogP contribution in [0.5, 0.6) is 0 Å². The second-order valence-corrected chi connectivity index (χ2v) is 7.36. The molecule has 0 atom stereocenters. The number of H-pyrrole nitrogens is 1. The van der Waals surface area contributed by atoms with Crippen LogP contribution < -0.4 is 4.72 Å². The number of aromatic nitrogens is 5. The Hall–Kier alpha value is -2.46. The first-order valence-electron chi connectivity index (χ1n) is 7.14. The lowest BCUT2D eigenvalue weighted by Crippen LogP contribution is -2.16. The van der Waals surface area contributed by atoms with E-state index in [2.05, 4.69) is 25.0 Å². The van der Waals surface area contributed by atoms with Gasteiger partial charge in [-0.1, -0.05) is 17.7 Å². The molecule has 0 aliphatic heterocycles. The number of aryl methyl sites for hydroxylation is 2. The van der Waals surface area contributed by atoms with E-state index in [4.69, 9.17) is 11.6 Å². The minimum atomic E-state index is -3.89. The number of nitrogens with one attached hydrogen (secondary N) is 2. The first kappa shape index (κ1) is 17.4. The van der Waals surface area contributed by atoms with Gasteiger partial charge >= 0.3 is 0 Å². The van der Waals surface area contributed by atoms with Gasteiger partial charge in [0.1, 0.15) is 17.0 Å². The second kappa shape index (κ2) is 6.45. The maximum Gasteiger partial charge on any atom is 0.267 e. The summed E-state index contributed by atoms with van der Waals surface area (Å²) in [6, 6.07) is 4.34. The monoisotopic (exact) mass is 384 g/mol. The summed E-state index contributed by atoms with van der Waals surface area (Å²) in [7, 11) is -3.89. The summed E-state index contributed by atoms with van der Waals surface area (Å²) < 4.78 is 42.3. The highest BCUT2D eigenvalue weighted by Gasteiger charge is 2.23. The Bertz CT molecular complexity index is 990. The molecule has 0 bridgehead atoms. The van der Waals surface area contributed by atoms with Crippen molar-refractivity contribution in [3.05, 3.63) is 52.3 Å². The van der Waals surface area contributed by atoms with Crippen molar-refractivity contribution < 1.29 is 12.8 Å². The predicted molar refractivity (Wildman–Crippen MR) is 89.4 cm³/mol. The van der Waals surface area contributed by atoms with Crippen LogP contribution in [0.25, 0.3) is 0 Å². The lowest BCUT2D eigenvalue weighted by Gasteiger charge is -2.06. The molecule has 0 unspecified atom stereocenters. The lowest BCUT2D eigenvalue weighted by molar-refractivity contribution is 0.584. The third-order valence-electron chi connectivity index (χ3n) is 3.47. The van der Waals surface area contributed by atoms with E-state index in [0.717, 1.165) is 0 Å². The van der Waals surface area contributed by atoms with E-state index in [1.54, 1.807) is 19.9 Å². The summed E-state index contributed by atoms with van der Waals surface area (Å²) in [6.45, 7) is 3.19. The fourth-order valence-electron chi connectivity index (χ4n) is 2.37. The Balaban J connectivity index is 1.83. The summed E-state index contributed by atoms with van der Waals surface area (Å²) in [5.74, 6) is -0.609. The smallest absolute Gasteiger partial charge is 0.267 e. The zero-order chi connectivity index (χ0) is 18.2. The van der Waals surface area contributed by atoms with E-state index < -0.39 is 15.8 Å². The van der Waals surface area contributed by atoms with Crippen LogP contribution in [-0.2, 0) is 16.6 Å². The molecule has 11 heteroatoms. The average Bonchev–Trinajstić information content (AvgIpc) is 3.09. The highest BCUT2D eigenvalue weighted by Crippen LogP contribution is 2.21. The molecule has 0 saturated heterocycles. The van der Waals surface area contributed by atoms with Crippen LogP contribution >= 0.6 is 11.6 Å². The van der Waals surface area contributed by atoms with Gasteiger partial charge in [0.05, 0.1) is 17.9 Å². The molecular weight excluding hydrogens is 371 g/mol. The minimum absolute atomic E-state index is 0.0179. The summed E-state index contributed by atoms with van der Waals surface area (Å²) in [6.07, 6.45) is 1.29. The molecular formula is C14H14ClFN6O2S. The van der Waals surface area contributed by atoms with E-state index in [9.17, 15) is 12.8 Å². The summed E-state index contributed by atoms with van der Waals surface area (Å²) in [4.78, 5) is 3.93. The van der Waals surface area contributed by atoms with Gasteiger partial charge in [0.2, 0.25) is 0 Å². The van der Waals surface area contributed by atoms with Crippen molar-refractivity contribution in [3.63, 3.8) is 0 Å². The Kier molecular flexibility index (Phi) is 4.48. The maximum atomic E-state index is 13.8. The Labute approximate surface area is 148 Å². The maximum absolute atomic E-state index is 13.8. The zero-order valence-corrected chi connectivity index (χ0v) is 14.9. The molecule has 132 valence electrons. The van der Waals surface area contributed by atoms with Gasteiger partial charge in [-0.05, 0) is 26.0 Å². The molecule has 2 aromatic heterocycles. The largest absolute Gasteiger partial charge is 0.281 e. The molecule has 0 aliphatic rings. The van der Waals surface area contributed by atoms with Gasteiger partial charge in [-0.25, -0.2) is 22.2 Å². The number of hydrogen-bond acceptors (Lipinski definition) is 5. The molecule has 0 spiro atoms. The van der Waals surface area contributed by atoms with E-state index >= 15 is 0 Å². The highest BCUT2D eigenvalue weighted by atomic mass is 35.5. The number of rotatable bonds is 5. The zero-order valence-electron chi connectivity index (χ0n) is 13.3. The number of hydrogen-bond donors (Lipinski definition) is 2. The molecule has 3 rings (SSSR count). The van der Waals surface area contributed by atoms with Crippen LogP contribution in [0, 0.1) is 19.7 Å². The standard InChI is InChI=1S/C14H14ClFN6O2S/c1-8-13(9(2)19-18-8)25(23,24)21-14-17-7-22(20-14)6-10-11(15)4-3-5-12(10)16/h3-5,7H,6H2,1-2H3,(H,18,19)(H,20,21). The predicted octanol–water partition coefficient (Wildman–Crippen LogP) is 2.26. The Morgan fingerprint density at radius 2 is 2.12 bits per heavy atom. The fourth-order valence-corrected chi connectivity index (χ4v) is 3.91. The molecule has 0 saturated carbocycles. The Morgan fingerprint density at radius 3 is 2.76 bits per heavy atom. The topological polar surface area (TPSA) is 106 Å². The molecule has 0 fully saturated rings. The van der Waals surface area contributed by atoms with E-state index in [-0.39, 0.29) is 28.0 Å². The van der Waals surface area contributed by atoms with Gasteiger partial charge in [-0.15, -0.1) is 5.10 Å². The highest BCUT2D eigenvalue weighted by molar-refractivity contribution is 7.92. The quantitative estimate of drug-likeness (QED) is 0.701. The molecule has 0 aliphatic carbocycles. The van der Waals surface area contributed by atoms with Crippen LogP contribution in [0.4, 0.5) is 10.3 Å². The van der Waals surface area contributed by atoms with Gasteiger partial charge in [0, 0.05) is 10.6 Å². The number of benzene rings is 1. The fraction of sp³-hybridized carbons (Fsp3) is 0.214. The number of halogens is 2. The molecule has 3 aromatic rings. The van der Waals surface area contributed by atoms with Crippen molar-refractivity contribution in [2.45, 2.75) is 25.3 Å². The van der Waals surface area contributed by atoms with Crippen molar-refractivity contribution in [2.75, 3.05) is 4.72 Å². The van der Waals surface area contributed by atoms with Crippen molar-refractivity contribution in [1.29, 1.82) is 0 Å². The minimum Gasteiger partial charge on any atom is -0.281 e. The SMILES string of the molecule is Cc1n[nH]c(C)c1S(=O)(=O)Nc1ncn(Cc2c(F)cccc2Cl)n1. The molecule has 8 nitrogen and oxygen atoms in total. The van der Waals surface area contributed by atoms with E-state index in [1.165, 1.54) is 23.1 Å². The second-order valence-electron chi connectivity index (χ2n) is 5.33. The normalized spacial score (nSPS) is 11.7. The number of aromatic amines is 1. The van der Waals surface area contributed by atoms with E-state index in [0.29, 0.717) is 11.4 Å². The van der Waals surface area contributed by atoms with Gasteiger partial charge in [-0.3, -0.25) is 5.10 Å². The number of anilines is 1. The first-order valence-corrected chi connectivity index (χ1v) is 9.01. The van der Waals surface area contributed by atoms with Crippen molar-refractivity contribution >= 4 is 27.6 Å². The lowest BCUT2D eigenvalue weighted by atomic mass is 10.2. The molecule has 0 radical (unpaired) electrons. The molecule has 1 aromatic carbocycles. The summed E-state index contributed by atoms with van der Waals surface area (Å²) >= 11 is 5.97. The van der Waals surface area contributed by atoms with Crippen molar-refractivity contribution in [3.8, 4) is 0 Å². The number of sulfonamides is 1. The Morgan fingerprint density at radius 1 is 1.36 bits per heavy atom.